The summed E-state index contributed by atoms with van der Waals surface area (Å²) in [5, 5.41) is 3.11. The maximum absolute atomic E-state index is 12.7. The molecule has 1 aromatic carbocycles. The minimum atomic E-state index is -0.357. The Morgan fingerprint density at radius 2 is 1.83 bits per heavy atom. The minimum absolute atomic E-state index is 0.0121. The van der Waals surface area contributed by atoms with E-state index in [0.29, 0.717) is 5.75 Å². The van der Waals surface area contributed by atoms with Crippen LogP contribution in [0.2, 0.25) is 0 Å². The van der Waals surface area contributed by atoms with Gasteiger partial charge >= 0.3 is 0 Å². The Bertz CT molecular complexity index is 557. The lowest BCUT2D eigenvalue weighted by Gasteiger charge is -2.30. The van der Waals surface area contributed by atoms with Crippen LogP contribution < -0.4 is 5.32 Å². The van der Waals surface area contributed by atoms with Crippen LogP contribution in [0.4, 0.5) is 0 Å². The quantitative estimate of drug-likeness (QED) is 0.925. The molecule has 1 aliphatic heterocycles. The number of carbonyl (C=O) groups is 2. The molecule has 1 saturated carbocycles. The van der Waals surface area contributed by atoms with Crippen LogP contribution in [0.15, 0.2) is 30.3 Å². The van der Waals surface area contributed by atoms with Crippen molar-refractivity contribution in [3.63, 3.8) is 0 Å². The summed E-state index contributed by atoms with van der Waals surface area (Å²) >= 11 is 1.67. The van der Waals surface area contributed by atoms with Crippen molar-refractivity contribution in [2.45, 2.75) is 56.5 Å². The summed E-state index contributed by atoms with van der Waals surface area (Å²) in [6.45, 7) is 1.56. The Morgan fingerprint density at radius 3 is 2.48 bits per heavy atom. The number of amides is 2. The second-order valence-electron chi connectivity index (χ2n) is 6.38. The molecule has 2 atom stereocenters. The van der Waals surface area contributed by atoms with Crippen molar-refractivity contribution in [2.24, 2.45) is 0 Å². The molecule has 1 N–H and O–H groups in total. The van der Waals surface area contributed by atoms with E-state index in [1.165, 1.54) is 19.3 Å². The molecule has 2 fully saturated rings. The van der Waals surface area contributed by atoms with Gasteiger partial charge in [0.15, 0.2) is 0 Å². The Morgan fingerprint density at radius 1 is 1.13 bits per heavy atom. The van der Waals surface area contributed by atoms with Crippen molar-refractivity contribution in [1.82, 2.24) is 10.2 Å². The average molecular weight is 332 g/mol. The lowest BCUT2D eigenvalue weighted by Crippen LogP contribution is -2.50. The normalized spacial score (nSPS) is 25.3. The summed E-state index contributed by atoms with van der Waals surface area (Å²) in [5.74, 6) is 0.642. The number of thioether (sulfide) groups is 1. The fourth-order valence-electron chi connectivity index (χ4n) is 3.51. The van der Waals surface area contributed by atoms with Gasteiger partial charge in [-0.25, -0.2) is 0 Å². The standard InChI is InChI=1S/C18H24N2O2S/c1-13(21)20-16(17(22)19-15-10-6-3-7-11-15)12-23-18(20)14-8-4-2-5-9-14/h2,4-5,8-9,15-16,18H,3,6-7,10-12H2,1H3,(H,19,22)/t16-,18+/m0/s1. The summed E-state index contributed by atoms with van der Waals surface area (Å²) in [6.07, 6.45) is 5.77. The first-order valence-corrected chi connectivity index (χ1v) is 9.47. The van der Waals surface area contributed by atoms with Crippen molar-refractivity contribution < 1.29 is 9.59 Å². The van der Waals surface area contributed by atoms with Crippen LogP contribution in [0.3, 0.4) is 0 Å². The van der Waals surface area contributed by atoms with Gasteiger partial charge in [-0.15, -0.1) is 11.8 Å². The van der Waals surface area contributed by atoms with Gasteiger partial charge in [-0.2, -0.15) is 0 Å². The van der Waals surface area contributed by atoms with Gasteiger partial charge in [0.25, 0.3) is 0 Å². The number of hydrogen-bond acceptors (Lipinski definition) is 3. The van der Waals surface area contributed by atoms with E-state index in [1.807, 2.05) is 30.3 Å². The Kier molecular flexibility index (Phi) is 5.26. The third-order valence-corrected chi connectivity index (χ3v) is 6.03. The van der Waals surface area contributed by atoms with E-state index in [2.05, 4.69) is 5.32 Å². The molecule has 124 valence electrons. The maximum Gasteiger partial charge on any atom is 0.243 e. The second kappa shape index (κ2) is 7.39. The number of carbonyl (C=O) groups excluding carboxylic acids is 2. The largest absolute Gasteiger partial charge is 0.352 e. The van der Waals surface area contributed by atoms with E-state index in [-0.39, 0.29) is 29.3 Å². The smallest absolute Gasteiger partial charge is 0.243 e. The monoisotopic (exact) mass is 332 g/mol. The molecular formula is C18H24N2O2S. The van der Waals surface area contributed by atoms with Gasteiger partial charge < -0.3 is 10.2 Å². The molecule has 1 aromatic rings. The first-order chi connectivity index (χ1) is 11.2. The molecule has 1 aliphatic carbocycles. The van der Waals surface area contributed by atoms with Gasteiger partial charge in [0.05, 0.1) is 0 Å². The molecule has 0 aromatic heterocycles. The SMILES string of the molecule is CC(=O)N1[C@@H](c2ccccc2)SC[C@H]1C(=O)NC1CCCCC1. The van der Waals surface area contributed by atoms with Crippen LogP contribution in [-0.4, -0.2) is 34.6 Å². The van der Waals surface area contributed by atoms with E-state index < -0.39 is 0 Å². The first-order valence-electron chi connectivity index (χ1n) is 8.42. The van der Waals surface area contributed by atoms with Crippen LogP contribution in [0, 0.1) is 0 Å². The highest BCUT2D eigenvalue weighted by atomic mass is 32.2. The summed E-state index contributed by atoms with van der Waals surface area (Å²) in [7, 11) is 0. The molecule has 0 unspecified atom stereocenters. The molecule has 2 amide bonds. The molecule has 0 bridgehead atoms. The van der Waals surface area contributed by atoms with Gasteiger partial charge in [0, 0.05) is 18.7 Å². The maximum atomic E-state index is 12.7. The highest BCUT2D eigenvalue weighted by molar-refractivity contribution is 7.99. The molecule has 3 rings (SSSR count). The number of rotatable bonds is 3. The van der Waals surface area contributed by atoms with Crippen molar-refractivity contribution in [2.75, 3.05) is 5.75 Å². The van der Waals surface area contributed by atoms with Gasteiger partial charge in [-0.3, -0.25) is 9.59 Å². The summed E-state index contributed by atoms with van der Waals surface area (Å²) in [4.78, 5) is 26.6. The molecule has 5 heteroatoms. The van der Waals surface area contributed by atoms with E-state index in [0.717, 1.165) is 18.4 Å². The third kappa shape index (κ3) is 3.71. The third-order valence-electron chi connectivity index (χ3n) is 4.70. The Balaban J connectivity index is 1.71. The van der Waals surface area contributed by atoms with Crippen molar-refractivity contribution in [1.29, 1.82) is 0 Å². The lowest BCUT2D eigenvalue weighted by molar-refractivity contribution is -0.138. The molecular weight excluding hydrogens is 308 g/mol. The number of hydrogen-bond donors (Lipinski definition) is 1. The Labute approximate surface area is 142 Å². The van der Waals surface area contributed by atoms with E-state index >= 15 is 0 Å². The van der Waals surface area contributed by atoms with Gasteiger partial charge in [0.1, 0.15) is 11.4 Å². The fourth-order valence-corrected chi connectivity index (χ4v) is 4.99. The van der Waals surface area contributed by atoms with Gasteiger partial charge in [-0.05, 0) is 18.4 Å². The molecule has 1 saturated heterocycles. The van der Waals surface area contributed by atoms with Crippen molar-refractivity contribution >= 4 is 23.6 Å². The van der Waals surface area contributed by atoms with Crippen molar-refractivity contribution in [3.05, 3.63) is 35.9 Å². The van der Waals surface area contributed by atoms with Gasteiger partial charge in [-0.1, -0.05) is 49.6 Å². The molecule has 4 nitrogen and oxygen atoms in total. The fraction of sp³-hybridized carbons (Fsp3) is 0.556. The summed E-state index contributed by atoms with van der Waals surface area (Å²) in [6, 6.07) is 9.89. The van der Waals surface area contributed by atoms with E-state index in [1.54, 1.807) is 23.6 Å². The highest BCUT2D eigenvalue weighted by Crippen LogP contribution is 2.41. The molecule has 1 heterocycles. The predicted octanol–water partition coefficient (Wildman–Crippen LogP) is 3.10. The molecule has 0 spiro atoms. The number of nitrogens with one attached hydrogen (secondary N) is 1. The van der Waals surface area contributed by atoms with Crippen LogP contribution in [0.25, 0.3) is 0 Å². The molecule has 0 radical (unpaired) electrons. The number of nitrogens with zero attached hydrogens (tertiary/aromatic N) is 1. The van der Waals surface area contributed by atoms with Crippen LogP contribution in [-0.2, 0) is 9.59 Å². The van der Waals surface area contributed by atoms with Crippen LogP contribution in [0.1, 0.15) is 50.0 Å². The zero-order valence-corrected chi connectivity index (χ0v) is 14.3. The minimum Gasteiger partial charge on any atom is -0.352 e. The highest BCUT2D eigenvalue weighted by Gasteiger charge is 2.41. The summed E-state index contributed by atoms with van der Waals surface area (Å²) in [5.41, 5.74) is 1.08. The van der Waals surface area contributed by atoms with Crippen LogP contribution >= 0.6 is 11.8 Å². The number of benzene rings is 1. The topological polar surface area (TPSA) is 49.4 Å². The van der Waals surface area contributed by atoms with Gasteiger partial charge in [0.2, 0.25) is 11.8 Å². The Hall–Kier alpha value is -1.49. The first kappa shape index (κ1) is 16.4. The second-order valence-corrected chi connectivity index (χ2v) is 7.50. The van der Waals surface area contributed by atoms with Crippen LogP contribution in [0.5, 0.6) is 0 Å². The van der Waals surface area contributed by atoms with E-state index in [9.17, 15) is 9.59 Å². The zero-order valence-electron chi connectivity index (χ0n) is 13.5. The zero-order chi connectivity index (χ0) is 16.2. The lowest BCUT2D eigenvalue weighted by atomic mass is 9.95. The molecule has 23 heavy (non-hydrogen) atoms. The van der Waals surface area contributed by atoms with E-state index in [4.69, 9.17) is 0 Å². The molecule has 2 aliphatic rings. The predicted molar refractivity (Wildman–Crippen MR) is 93.0 cm³/mol. The van der Waals surface area contributed by atoms with Crippen molar-refractivity contribution in [3.8, 4) is 0 Å². The summed E-state index contributed by atoms with van der Waals surface area (Å²) < 4.78 is 0. The average Bonchev–Trinajstić information content (AvgIpc) is 3.02.